The summed E-state index contributed by atoms with van der Waals surface area (Å²) in [5.74, 6) is 0.0884. The molecule has 2 aromatic heterocycles. The Labute approximate surface area is 224 Å². The van der Waals surface area contributed by atoms with Crippen molar-refractivity contribution in [3.63, 3.8) is 0 Å². The summed E-state index contributed by atoms with van der Waals surface area (Å²) in [6, 6.07) is 7.37. The molecule has 4 heterocycles. The van der Waals surface area contributed by atoms with Crippen molar-refractivity contribution in [2.24, 2.45) is 0 Å². The number of fused-ring (bicyclic) bond motifs is 2. The van der Waals surface area contributed by atoms with Crippen LogP contribution in [0.1, 0.15) is 19.3 Å². The van der Waals surface area contributed by atoms with Gasteiger partial charge in [-0.1, -0.05) is 35.1 Å². The summed E-state index contributed by atoms with van der Waals surface area (Å²) in [5, 5.41) is 4.61. The fourth-order valence-corrected chi connectivity index (χ4v) is 5.89. The van der Waals surface area contributed by atoms with Crippen molar-refractivity contribution in [1.29, 1.82) is 0 Å². The van der Waals surface area contributed by atoms with Gasteiger partial charge in [0.25, 0.3) is 0 Å². The molecule has 4 aromatic rings. The Kier molecular flexibility index (Phi) is 7.89. The molecular weight excluding hydrogens is 513 g/mol. The van der Waals surface area contributed by atoms with Gasteiger partial charge in [0.2, 0.25) is 0 Å². The Morgan fingerprint density at radius 1 is 1.05 bits per heavy atom. The summed E-state index contributed by atoms with van der Waals surface area (Å²) in [6.07, 6.45) is 3.78. The molecule has 0 bridgehead atoms. The predicted molar refractivity (Wildman–Crippen MR) is 151 cm³/mol. The topological polar surface area (TPSA) is 92.4 Å². The van der Waals surface area contributed by atoms with E-state index < -0.39 is 5.82 Å². The second-order valence-corrected chi connectivity index (χ2v) is 10.8. The number of nitrogens with two attached hydrogens (primary N) is 1. The fourth-order valence-electron chi connectivity index (χ4n) is 4.84. The minimum absolute atomic E-state index is 0.114. The smallest absolute Gasteiger partial charge is 0.318 e. The predicted octanol–water partition coefficient (Wildman–Crippen LogP) is 4.80. The summed E-state index contributed by atoms with van der Waals surface area (Å²) in [5.41, 5.74) is 7.49. The van der Waals surface area contributed by atoms with Crippen molar-refractivity contribution in [1.82, 2.24) is 25.2 Å². The Balaban J connectivity index is 0.000000412. The molecule has 0 saturated carbocycles. The van der Waals surface area contributed by atoms with Crippen LogP contribution >= 0.6 is 22.9 Å². The standard InChI is InChI=1S/C21H20ClFN6OS.C5H11N/c1-30-21-27-18-12(19(28-21)29-8-3-6-25-7-9-29)10-13(22)15(16(18)23)11-4-2-5-14-17(11)26-20(24)31-14;1-6-4-2-3-5-6/h2,4-5,10,25H,3,6-9H2,1H3,(H2,24,26);2-5H2,1H3. The van der Waals surface area contributed by atoms with E-state index in [9.17, 15) is 0 Å². The first-order valence-corrected chi connectivity index (χ1v) is 13.7. The third-order valence-electron chi connectivity index (χ3n) is 6.70. The summed E-state index contributed by atoms with van der Waals surface area (Å²) < 4.78 is 22.1. The van der Waals surface area contributed by atoms with Crippen molar-refractivity contribution in [2.75, 3.05) is 64.1 Å². The van der Waals surface area contributed by atoms with Crippen LogP contribution in [0.15, 0.2) is 24.3 Å². The van der Waals surface area contributed by atoms with Crippen LogP contribution in [0.4, 0.5) is 15.3 Å². The number of nitrogens with one attached hydrogen (secondary N) is 1. The summed E-state index contributed by atoms with van der Waals surface area (Å²) in [4.78, 5) is 17.7. The van der Waals surface area contributed by atoms with Gasteiger partial charge >= 0.3 is 6.01 Å². The highest BCUT2D eigenvalue weighted by Gasteiger charge is 2.24. The van der Waals surface area contributed by atoms with E-state index in [-0.39, 0.29) is 22.1 Å². The van der Waals surface area contributed by atoms with Crippen molar-refractivity contribution in [3.8, 4) is 17.1 Å². The largest absolute Gasteiger partial charge is 0.467 e. The highest BCUT2D eigenvalue weighted by molar-refractivity contribution is 7.22. The third-order valence-corrected chi connectivity index (χ3v) is 7.85. The van der Waals surface area contributed by atoms with Crippen LogP contribution in [0.2, 0.25) is 5.02 Å². The molecular formula is C26H31ClFN7OS. The van der Waals surface area contributed by atoms with Crippen LogP contribution in [0.3, 0.4) is 0 Å². The van der Waals surface area contributed by atoms with Crippen LogP contribution in [0, 0.1) is 5.82 Å². The number of halogens is 2. The number of likely N-dealkylation sites (tertiary alicyclic amines) is 1. The maximum atomic E-state index is 16.0. The normalized spacial score (nSPS) is 16.6. The molecule has 2 aliphatic rings. The van der Waals surface area contributed by atoms with Crippen LogP contribution in [0.5, 0.6) is 6.01 Å². The van der Waals surface area contributed by atoms with E-state index in [4.69, 9.17) is 22.1 Å². The van der Waals surface area contributed by atoms with Gasteiger partial charge < -0.3 is 25.6 Å². The lowest BCUT2D eigenvalue weighted by Gasteiger charge is -2.23. The molecule has 0 amide bonds. The van der Waals surface area contributed by atoms with E-state index in [2.05, 4.69) is 37.1 Å². The Bertz CT molecular complexity index is 1400. The van der Waals surface area contributed by atoms with E-state index in [0.717, 1.165) is 37.3 Å². The van der Waals surface area contributed by atoms with E-state index >= 15 is 4.39 Å². The summed E-state index contributed by atoms with van der Waals surface area (Å²) >= 11 is 8.00. The van der Waals surface area contributed by atoms with Gasteiger partial charge in [0.15, 0.2) is 10.9 Å². The number of methoxy groups -OCH3 is 1. The number of thiazole rings is 1. The minimum Gasteiger partial charge on any atom is -0.467 e. The lowest BCUT2D eigenvalue weighted by molar-refractivity contribution is 0.381. The molecule has 8 nitrogen and oxygen atoms in total. The molecule has 0 aliphatic carbocycles. The van der Waals surface area contributed by atoms with Gasteiger partial charge in [-0.2, -0.15) is 9.97 Å². The number of aromatic nitrogens is 3. The fraction of sp³-hybridized carbons (Fsp3) is 0.423. The van der Waals surface area contributed by atoms with Gasteiger partial charge in [-0.3, -0.25) is 0 Å². The average Bonchev–Trinajstić information content (AvgIpc) is 3.43. The molecule has 11 heteroatoms. The highest BCUT2D eigenvalue weighted by atomic mass is 35.5. The molecule has 2 fully saturated rings. The molecule has 0 spiro atoms. The van der Waals surface area contributed by atoms with Crippen molar-refractivity contribution in [3.05, 3.63) is 35.1 Å². The second kappa shape index (κ2) is 11.3. The molecule has 0 atom stereocenters. The number of benzene rings is 2. The van der Waals surface area contributed by atoms with Crippen molar-refractivity contribution >= 4 is 55.0 Å². The van der Waals surface area contributed by atoms with Gasteiger partial charge in [-0.15, -0.1) is 0 Å². The number of hydrogen-bond donors (Lipinski definition) is 2. The number of nitrogens with zero attached hydrogens (tertiary/aromatic N) is 5. The minimum atomic E-state index is -0.531. The van der Waals surface area contributed by atoms with Crippen molar-refractivity contribution in [2.45, 2.75) is 19.3 Å². The van der Waals surface area contributed by atoms with E-state index in [0.29, 0.717) is 27.4 Å². The molecule has 6 rings (SSSR count). The number of ether oxygens (including phenoxy) is 1. The first-order chi connectivity index (χ1) is 18.0. The second-order valence-electron chi connectivity index (χ2n) is 9.28. The number of rotatable bonds is 3. The van der Waals surface area contributed by atoms with E-state index in [1.54, 1.807) is 12.1 Å². The Morgan fingerprint density at radius 3 is 2.59 bits per heavy atom. The van der Waals surface area contributed by atoms with Gasteiger partial charge in [-0.25, -0.2) is 9.37 Å². The zero-order chi connectivity index (χ0) is 25.9. The molecule has 2 saturated heterocycles. The molecule has 37 heavy (non-hydrogen) atoms. The summed E-state index contributed by atoms with van der Waals surface area (Å²) in [7, 11) is 3.65. The van der Waals surface area contributed by atoms with E-state index in [1.165, 1.54) is 44.4 Å². The van der Waals surface area contributed by atoms with Gasteiger partial charge in [0, 0.05) is 36.1 Å². The van der Waals surface area contributed by atoms with Crippen LogP contribution < -0.4 is 20.7 Å². The molecule has 3 N–H and O–H groups in total. The molecule has 2 aromatic carbocycles. The monoisotopic (exact) mass is 543 g/mol. The Hall–Kier alpha value is -2.79. The first kappa shape index (κ1) is 25.8. The number of nitrogen functional groups attached to an aromatic ring is 1. The SMILES string of the molecule is CN1CCCC1.COc1nc(N2CCCNCC2)c2cc(Cl)c(-c3cccc4sc(N)nc34)c(F)c2n1. The quantitative estimate of drug-likeness (QED) is 0.380. The lowest BCUT2D eigenvalue weighted by atomic mass is 10.0. The number of anilines is 2. The van der Waals surface area contributed by atoms with Crippen molar-refractivity contribution < 1.29 is 9.13 Å². The zero-order valence-corrected chi connectivity index (χ0v) is 22.6. The maximum Gasteiger partial charge on any atom is 0.318 e. The molecule has 2 aliphatic heterocycles. The molecule has 0 radical (unpaired) electrons. The van der Waals surface area contributed by atoms with Gasteiger partial charge in [0.1, 0.15) is 11.3 Å². The van der Waals surface area contributed by atoms with Crippen LogP contribution in [-0.2, 0) is 0 Å². The maximum absolute atomic E-state index is 16.0. The van der Waals surface area contributed by atoms with E-state index in [1.807, 2.05) is 12.1 Å². The molecule has 196 valence electrons. The summed E-state index contributed by atoms with van der Waals surface area (Å²) in [6.45, 7) is 5.92. The zero-order valence-electron chi connectivity index (χ0n) is 21.1. The highest BCUT2D eigenvalue weighted by Crippen LogP contribution is 2.41. The first-order valence-electron chi connectivity index (χ1n) is 12.5. The average molecular weight is 544 g/mol. The van der Waals surface area contributed by atoms with Gasteiger partial charge in [-0.05, 0) is 58.1 Å². The van der Waals surface area contributed by atoms with Crippen LogP contribution in [-0.4, -0.2) is 73.3 Å². The number of hydrogen-bond acceptors (Lipinski definition) is 9. The molecule has 0 unspecified atom stereocenters. The Morgan fingerprint density at radius 2 is 1.86 bits per heavy atom. The van der Waals surface area contributed by atoms with Gasteiger partial charge in [0.05, 0.1) is 22.3 Å². The third kappa shape index (κ3) is 5.43. The van der Waals surface area contributed by atoms with Crippen LogP contribution in [0.25, 0.3) is 32.2 Å². The lowest BCUT2D eigenvalue weighted by Crippen LogP contribution is -2.29. The number of para-hydroxylation sites is 1.